The molecule has 1 aromatic rings. The van der Waals surface area contributed by atoms with Crippen LogP contribution in [0.4, 0.5) is 0 Å². The number of rotatable bonds is 6. The second-order valence-corrected chi connectivity index (χ2v) is 5.07. The Balaban J connectivity index is 2.53. The molecular formula is C13H23N3O2. The van der Waals surface area contributed by atoms with Crippen LogP contribution >= 0.6 is 0 Å². The van der Waals surface area contributed by atoms with E-state index < -0.39 is 0 Å². The standard InChI is InChI=1S/C13H23N3O2/c1-6-10-9(2)11(16-18-10)12(17)15-8-7-13(3,4)14-5/h14H,6-8H2,1-5H3,(H,15,17). The largest absolute Gasteiger partial charge is 0.360 e. The van der Waals surface area contributed by atoms with E-state index in [-0.39, 0.29) is 11.4 Å². The number of aryl methyl sites for hydroxylation is 1. The van der Waals surface area contributed by atoms with Gasteiger partial charge in [-0.3, -0.25) is 4.79 Å². The summed E-state index contributed by atoms with van der Waals surface area (Å²) >= 11 is 0. The molecule has 1 amide bonds. The second-order valence-electron chi connectivity index (χ2n) is 5.07. The van der Waals surface area contributed by atoms with Crippen molar-refractivity contribution >= 4 is 5.91 Å². The lowest BCUT2D eigenvalue weighted by molar-refractivity contribution is 0.0941. The summed E-state index contributed by atoms with van der Waals surface area (Å²) < 4.78 is 5.11. The van der Waals surface area contributed by atoms with Crippen molar-refractivity contribution in [2.75, 3.05) is 13.6 Å². The van der Waals surface area contributed by atoms with E-state index in [1.54, 1.807) is 0 Å². The number of hydrogen-bond acceptors (Lipinski definition) is 4. The molecule has 1 rings (SSSR count). The van der Waals surface area contributed by atoms with Gasteiger partial charge in [0.05, 0.1) is 0 Å². The Bertz CT molecular complexity index is 410. The van der Waals surface area contributed by atoms with E-state index in [9.17, 15) is 4.79 Å². The van der Waals surface area contributed by atoms with Gasteiger partial charge in [-0.15, -0.1) is 0 Å². The predicted molar refractivity (Wildman–Crippen MR) is 70.7 cm³/mol. The Kier molecular flexibility index (Phi) is 4.90. The molecule has 0 bridgehead atoms. The lowest BCUT2D eigenvalue weighted by atomic mass is 10.0. The molecule has 0 radical (unpaired) electrons. The molecule has 18 heavy (non-hydrogen) atoms. The number of carbonyl (C=O) groups excluding carboxylic acids is 1. The fraction of sp³-hybridized carbons (Fsp3) is 0.692. The molecule has 0 aromatic carbocycles. The monoisotopic (exact) mass is 253 g/mol. The summed E-state index contributed by atoms with van der Waals surface area (Å²) in [6.07, 6.45) is 1.60. The van der Waals surface area contributed by atoms with Gasteiger partial charge in [-0.2, -0.15) is 0 Å². The van der Waals surface area contributed by atoms with Gasteiger partial charge in [-0.25, -0.2) is 0 Å². The van der Waals surface area contributed by atoms with E-state index in [1.165, 1.54) is 0 Å². The predicted octanol–water partition coefficient (Wildman–Crippen LogP) is 1.66. The topological polar surface area (TPSA) is 67.2 Å². The van der Waals surface area contributed by atoms with Gasteiger partial charge in [0.15, 0.2) is 5.69 Å². The lowest BCUT2D eigenvalue weighted by Gasteiger charge is -2.23. The Labute approximate surface area is 108 Å². The molecule has 0 aliphatic heterocycles. The minimum atomic E-state index is -0.164. The van der Waals surface area contributed by atoms with Gasteiger partial charge in [0.25, 0.3) is 5.91 Å². The van der Waals surface area contributed by atoms with Crippen LogP contribution in [-0.4, -0.2) is 30.2 Å². The van der Waals surface area contributed by atoms with Crippen molar-refractivity contribution in [2.24, 2.45) is 0 Å². The average Bonchev–Trinajstić information content (AvgIpc) is 2.70. The first-order valence-corrected chi connectivity index (χ1v) is 6.33. The zero-order chi connectivity index (χ0) is 13.8. The van der Waals surface area contributed by atoms with Crippen molar-refractivity contribution < 1.29 is 9.32 Å². The zero-order valence-electron chi connectivity index (χ0n) is 11.9. The third kappa shape index (κ3) is 3.57. The maximum Gasteiger partial charge on any atom is 0.273 e. The summed E-state index contributed by atoms with van der Waals surface area (Å²) in [5.74, 6) is 0.610. The van der Waals surface area contributed by atoms with E-state index in [4.69, 9.17) is 4.52 Å². The van der Waals surface area contributed by atoms with Crippen molar-refractivity contribution in [3.63, 3.8) is 0 Å². The van der Waals surface area contributed by atoms with Gasteiger partial charge < -0.3 is 15.2 Å². The quantitative estimate of drug-likeness (QED) is 0.809. The first kappa shape index (κ1) is 14.7. The fourth-order valence-electron chi connectivity index (χ4n) is 1.61. The zero-order valence-corrected chi connectivity index (χ0v) is 11.9. The molecule has 0 saturated heterocycles. The van der Waals surface area contributed by atoms with Gasteiger partial charge in [0.1, 0.15) is 5.76 Å². The number of hydrogen-bond donors (Lipinski definition) is 2. The average molecular weight is 253 g/mol. The number of aromatic nitrogens is 1. The minimum absolute atomic E-state index is 0.0146. The molecule has 0 unspecified atom stereocenters. The molecule has 5 nitrogen and oxygen atoms in total. The molecule has 1 heterocycles. The van der Waals surface area contributed by atoms with E-state index >= 15 is 0 Å². The van der Waals surface area contributed by atoms with Crippen LogP contribution in [0.1, 0.15) is 49.0 Å². The van der Waals surface area contributed by atoms with Crippen molar-refractivity contribution in [2.45, 2.75) is 46.1 Å². The third-order valence-electron chi connectivity index (χ3n) is 3.27. The van der Waals surface area contributed by atoms with Crippen molar-refractivity contribution in [3.8, 4) is 0 Å². The molecule has 2 N–H and O–H groups in total. The van der Waals surface area contributed by atoms with Gasteiger partial charge in [0, 0.05) is 24.1 Å². The smallest absolute Gasteiger partial charge is 0.273 e. The normalized spacial score (nSPS) is 11.6. The molecule has 5 heteroatoms. The molecule has 102 valence electrons. The highest BCUT2D eigenvalue weighted by molar-refractivity contribution is 5.93. The van der Waals surface area contributed by atoms with Crippen LogP contribution in [0.2, 0.25) is 0 Å². The molecule has 0 saturated carbocycles. The number of carbonyl (C=O) groups is 1. The molecule has 0 spiro atoms. The number of nitrogens with one attached hydrogen (secondary N) is 2. The molecule has 0 fully saturated rings. The molecule has 0 atom stereocenters. The van der Waals surface area contributed by atoms with Crippen molar-refractivity contribution in [1.29, 1.82) is 0 Å². The summed E-state index contributed by atoms with van der Waals surface area (Å²) in [6, 6.07) is 0. The summed E-state index contributed by atoms with van der Waals surface area (Å²) in [7, 11) is 1.91. The van der Waals surface area contributed by atoms with Gasteiger partial charge in [0.2, 0.25) is 0 Å². The Morgan fingerprint density at radius 3 is 2.61 bits per heavy atom. The Hall–Kier alpha value is -1.36. The van der Waals surface area contributed by atoms with Crippen LogP contribution in [-0.2, 0) is 6.42 Å². The number of amides is 1. The summed E-state index contributed by atoms with van der Waals surface area (Å²) in [5, 5.41) is 9.88. The Morgan fingerprint density at radius 1 is 1.44 bits per heavy atom. The van der Waals surface area contributed by atoms with Gasteiger partial charge >= 0.3 is 0 Å². The SMILES string of the molecule is CCc1onc(C(=O)NCCC(C)(C)NC)c1C. The van der Waals surface area contributed by atoms with Crippen molar-refractivity contribution in [1.82, 2.24) is 15.8 Å². The molecular weight excluding hydrogens is 230 g/mol. The summed E-state index contributed by atoms with van der Waals surface area (Å²) in [6.45, 7) is 8.64. The van der Waals surface area contributed by atoms with E-state index in [1.807, 2.05) is 20.9 Å². The minimum Gasteiger partial charge on any atom is -0.360 e. The van der Waals surface area contributed by atoms with Crippen LogP contribution in [0.3, 0.4) is 0 Å². The fourth-order valence-corrected chi connectivity index (χ4v) is 1.61. The summed E-state index contributed by atoms with van der Waals surface area (Å²) in [5.41, 5.74) is 1.25. The highest BCUT2D eigenvalue weighted by Gasteiger charge is 2.19. The van der Waals surface area contributed by atoms with E-state index in [0.29, 0.717) is 12.2 Å². The van der Waals surface area contributed by atoms with Crippen LogP contribution in [0.25, 0.3) is 0 Å². The molecule has 1 aromatic heterocycles. The van der Waals surface area contributed by atoms with Crippen LogP contribution in [0.15, 0.2) is 4.52 Å². The van der Waals surface area contributed by atoms with Crippen LogP contribution < -0.4 is 10.6 Å². The summed E-state index contributed by atoms with van der Waals surface area (Å²) in [4.78, 5) is 11.9. The van der Waals surface area contributed by atoms with E-state index in [2.05, 4.69) is 29.6 Å². The first-order chi connectivity index (χ1) is 8.41. The van der Waals surface area contributed by atoms with Crippen molar-refractivity contribution in [3.05, 3.63) is 17.0 Å². The molecule has 0 aliphatic rings. The Morgan fingerprint density at radius 2 is 2.11 bits per heavy atom. The van der Waals surface area contributed by atoms with Crippen LogP contribution in [0, 0.1) is 6.92 Å². The highest BCUT2D eigenvalue weighted by Crippen LogP contribution is 2.13. The molecule has 0 aliphatic carbocycles. The third-order valence-corrected chi connectivity index (χ3v) is 3.27. The van der Waals surface area contributed by atoms with E-state index in [0.717, 1.165) is 24.2 Å². The number of nitrogens with zero attached hydrogens (tertiary/aromatic N) is 1. The highest BCUT2D eigenvalue weighted by atomic mass is 16.5. The maximum atomic E-state index is 11.9. The van der Waals surface area contributed by atoms with Gasteiger partial charge in [-0.1, -0.05) is 12.1 Å². The van der Waals surface area contributed by atoms with Gasteiger partial charge in [-0.05, 0) is 34.2 Å². The first-order valence-electron chi connectivity index (χ1n) is 6.33. The second kappa shape index (κ2) is 6.00. The maximum absolute atomic E-state index is 11.9. The lowest BCUT2D eigenvalue weighted by Crippen LogP contribution is -2.40. The van der Waals surface area contributed by atoms with Crippen LogP contribution in [0.5, 0.6) is 0 Å².